The summed E-state index contributed by atoms with van der Waals surface area (Å²) < 4.78 is 71.3. The number of benzene rings is 4. The van der Waals surface area contributed by atoms with Gasteiger partial charge in [-0.3, -0.25) is 0 Å². The Balaban J connectivity index is 0.00000520. The van der Waals surface area contributed by atoms with E-state index in [-0.39, 0.29) is 39.3 Å². The molecule has 1 aliphatic carbocycles. The van der Waals surface area contributed by atoms with Crippen LogP contribution in [0, 0.1) is 0 Å². The summed E-state index contributed by atoms with van der Waals surface area (Å²) in [7, 11) is -9.07. The Morgan fingerprint density at radius 3 is 1.75 bits per heavy atom. The first-order valence-corrected chi connectivity index (χ1v) is 18.0. The third-order valence-corrected chi connectivity index (χ3v) is 9.65. The van der Waals surface area contributed by atoms with Crippen LogP contribution in [0.15, 0.2) is 143 Å². The van der Waals surface area contributed by atoms with Gasteiger partial charge in [-0.25, -0.2) is 21.4 Å². The standard InChI is InChI=1S/C37H36N2O6S2.Na/c1-3-38(26-28-10-8-14-35(24-28)46(40,41)42)33-20-16-31(17-21-33)37(30-12-6-5-7-13-30)32-18-22-34(23-19-32)39(4-2)27-29-11-9-15-36(25-29)47(43,44)45;/h5-25H,3-4,26-27H2,1-2H3,(H-,40,41,42,43,44,45);/q;+1/p-1. The van der Waals surface area contributed by atoms with Gasteiger partial charge in [0.05, 0.1) is 9.79 Å². The van der Waals surface area contributed by atoms with Crippen LogP contribution in [0.4, 0.5) is 5.69 Å². The Morgan fingerprint density at radius 2 is 1.21 bits per heavy atom. The second-order valence-electron chi connectivity index (χ2n) is 11.1. The molecule has 0 amide bonds. The van der Waals surface area contributed by atoms with Crippen LogP contribution < -0.4 is 34.5 Å². The van der Waals surface area contributed by atoms with Crippen LogP contribution in [0.25, 0.3) is 5.57 Å². The summed E-state index contributed by atoms with van der Waals surface area (Å²) in [5, 5.41) is 0. The Kier molecular flexibility index (Phi) is 12.6. The molecule has 242 valence electrons. The van der Waals surface area contributed by atoms with Gasteiger partial charge in [-0.15, -0.1) is 0 Å². The minimum Gasteiger partial charge on any atom is -0.744 e. The number of allylic oxidation sites excluding steroid dienone is 5. The summed E-state index contributed by atoms with van der Waals surface area (Å²) in [6.45, 7) is 6.28. The first kappa shape index (κ1) is 37.2. The molecular formula is C37H35N2NaO6S2. The first-order valence-electron chi connectivity index (χ1n) is 15.2. The predicted molar refractivity (Wildman–Crippen MR) is 182 cm³/mol. The SMILES string of the molecule is CCN(Cc1cccc(S(=O)(=O)[O-])c1)c1ccc(C(=C2C=CC(=[N+](CC)Cc3cccc(S(=O)(=O)[O-])c3)C=C2)c2ccccc2)cc1.[Na+]. The maximum Gasteiger partial charge on any atom is 1.00 e. The zero-order chi connectivity index (χ0) is 33.6. The van der Waals surface area contributed by atoms with E-state index < -0.39 is 20.2 Å². The van der Waals surface area contributed by atoms with Crippen molar-refractivity contribution in [2.24, 2.45) is 0 Å². The monoisotopic (exact) mass is 690 g/mol. The molecule has 0 unspecified atom stereocenters. The van der Waals surface area contributed by atoms with E-state index in [1.54, 1.807) is 12.1 Å². The van der Waals surface area contributed by atoms with Gasteiger partial charge in [0.1, 0.15) is 26.8 Å². The van der Waals surface area contributed by atoms with Crippen molar-refractivity contribution in [3.8, 4) is 0 Å². The molecule has 4 aromatic carbocycles. The summed E-state index contributed by atoms with van der Waals surface area (Å²) in [5.74, 6) is 0. The molecule has 0 saturated heterocycles. The zero-order valence-electron chi connectivity index (χ0n) is 27.1. The van der Waals surface area contributed by atoms with Crippen molar-refractivity contribution in [3.05, 3.63) is 155 Å². The van der Waals surface area contributed by atoms with Crippen molar-refractivity contribution in [2.45, 2.75) is 36.7 Å². The summed E-state index contributed by atoms with van der Waals surface area (Å²) in [6.07, 6.45) is 8.23. The van der Waals surface area contributed by atoms with E-state index in [2.05, 4.69) is 45.9 Å². The maximum absolute atomic E-state index is 11.5. The molecular weight excluding hydrogens is 656 g/mol. The van der Waals surface area contributed by atoms with Crippen molar-refractivity contribution in [2.75, 3.05) is 18.0 Å². The summed E-state index contributed by atoms with van der Waals surface area (Å²) in [6, 6.07) is 30.6. The minimum atomic E-state index is -4.53. The average molecular weight is 691 g/mol. The average Bonchev–Trinajstić information content (AvgIpc) is 3.07. The van der Waals surface area contributed by atoms with Gasteiger partial charge in [-0.05, 0) is 90.2 Å². The van der Waals surface area contributed by atoms with E-state index in [4.69, 9.17) is 0 Å². The molecule has 0 fully saturated rings. The Hall–Kier alpha value is -3.61. The van der Waals surface area contributed by atoms with Crippen molar-refractivity contribution in [1.29, 1.82) is 0 Å². The molecule has 0 heterocycles. The fourth-order valence-electron chi connectivity index (χ4n) is 5.59. The number of rotatable bonds is 11. The summed E-state index contributed by atoms with van der Waals surface area (Å²) in [4.78, 5) is 1.64. The topological polar surface area (TPSA) is 121 Å². The van der Waals surface area contributed by atoms with Crippen LogP contribution in [0.3, 0.4) is 0 Å². The number of hydrogen-bond acceptors (Lipinski definition) is 7. The van der Waals surface area contributed by atoms with Crippen molar-refractivity contribution >= 4 is 37.2 Å². The van der Waals surface area contributed by atoms with Gasteiger partial charge >= 0.3 is 29.6 Å². The van der Waals surface area contributed by atoms with Crippen LogP contribution in [0.1, 0.15) is 36.1 Å². The van der Waals surface area contributed by atoms with Crippen LogP contribution in [-0.4, -0.2) is 49.3 Å². The Labute approximate surface area is 305 Å². The van der Waals surface area contributed by atoms with Crippen LogP contribution in [0.2, 0.25) is 0 Å². The quantitative estimate of drug-likeness (QED) is 0.135. The largest absolute Gasteiger partial charge is 1.00 e. The normalized spacial score (nSPS) is 12.8. The Bertz CT molecular complexity index is 2090. The van der Waals surface area contributed by atoms with Gasteiger partial charge in [-0.2, -0.15) is 0 Å². The van der Waals surface area contributed by atoms with E-state index >= 15 is 0 Å². The third kappa shape index (κ3) is 9.29. The summed E-state index contributed by atoms with van der Waals surface area (Å²) >= 11 is 0. The van der Waals surface area contributed by atoms with E-state index in [1.807, 2.05) is 68.5 Å². The van der Waals surface area contributed by atoms with Gasteiger partial charge in [0, 0.05) is 36.5 Å². The number of anilines is 1. The van der Waals surface area contributed by atoms with Gasteiger partial charge in [0.15, 0.2) is 12.3 Å². The van der Waals surface area contributed by atoms with E-state index in [9.17, 15) is 25.9 Å². The van der Waals surface area contributed by atoms with Crippen molar-refractivity contribution < 1.29 is 60.1 Å². The molecule has 48 heavy (non-hydrogen) atoms. The van der Waals surface area contributed by atoms with Crippen molar-refractivity contribution in [1.82, 2.24) is 0 Å². The molecule has 0 N–H and O–H groups in total. The number of nitrogens with zero attached hydrogens (tertiary/aromatic N) is 2. The van der Waals surface area contributed by atoms with Crippen LogP contribution in [-0.2, 0) is 33.3 Å². The molecule has 0 aromatic heterocycles. The van der Waals surface area contributed by atoms with Crippen molar-refractivity contribution in [3.63, 3.8) is 0 Å². The minimum absolute atomic E-state index is 0. The molecule has 11 heteroatoms. The van der Waals surface area contributed by atoms with Gasteiger partial charge in [-0.1, -0.05) is 66.7 Å². The molecule has 5 rings (SSSR count). The Morgan fingerprint density at radius 1 is 0.667 bits per heavy atom. The molecule has 8 nitrogen and oxygen atoms in total. The third-order valence-electron chi connectivity index (χ3n) is 7.99. The zero-order valence-corrected chi connectivity index (χ0v) is 30.7. The molecule has 0 saturated carbocycles. The molecule has 1 aliphatic rings. The fourth-order valence-corrected chi connectivity index (χ4v) is 6.68. The van der Waals surface area contributed by atoms with E-state index in [1.165, 1.54) is 24.3 Å². The molecule has 0 bridgehead atoms. The van der Waals surface area contributed by atoms with E-state index in [0.717, 1.165) is 44.8 Å². The number of hydrogen-bond donors (Lipinski definition) is 0. The predicted octanol–water partition coefficient (Wildman–Crippen LogP) is 3.13. The van der Waals surface area contributed by atoms with Gasteiger partial charge < -0.3 is 14.0 Å². The molecule has 0 spiro atoms. The van der Waals surface area contributed by atoms with Crippen LogP contribution in [0.5, 0.6) is 0 Å². The van der Waals surface area contributed by atoms with E-state index in [0.29, 0.717) is 26.2 Å². The fraction of sp³-hybridized carbons (Fsp3) is 0.162. The van der Waals surface area contributed by atoms with Gasteiger partial charge in [0.2, 0.25) is 0 Å². The smallest absolute Gasteiger partial charge is 0.744 e. The molecule has 4 aromatic rings. The second-order valence-corrected chi connectivity index (χ2v) is 13.8. The second kappa shape index (κ2) is 16.2. The molecule has 0 atom stereocenters. The van der Waals surface area contributed by atoms with Crippen LogP contribution >= 0.6 is 0 Å². The summed E-state index contributed by atoms with van der Waals surface area (Å²) in [5.41, 5.74) is 7.53. The first-order chi connectivity index (χ1) is 22.5. The maximum atomic E-state index is 11.5. The molecule has 0 radical (unpaired) electrons. The molecule has 0 aliphatic heterocycles. The van der Waals surface area contributed by atoms with Gasteiger partial charge in [0.25, 0.3) is 0 Å².